The second kappa shape index (κ2) is 5.23. The van der Waals surface area contributed by atoms with E-state index in [0.717, 1.165) is 6.54 Å². The predicted octanol–water partition coefficient (Wildman–Crippen LogP) is 5.57. The van der Waals surface area contributed by atoms with Crippen LogP contribution in [0.3, 0.4) is 0 Å². The van der Waals surface area contributed by atoms with Crippen LogP contribution in [-0.4, -0.2) is 6.54 Å². The number of hydrogen-bond acceptors (Lipinski definition) is 2. The minimum Gasteiger partial charge on any atom is -0.352 e. The first-order valence-corrected chi connectivity index (χ1v) is 7.70. The van der Waals surface area contributed by atoms with Gasteiger partial charge in [-0.3, -0.25) is 0 Å². The van der Waals surface area contributed by atoms with Crippen molar-refractivity contribution in [1.82, 2.24) is 0 Å². The molecule has 2 nitrogen and oxygen atoms in total. The van der Waals surface area contributed by atoms with Crippen molar-refractivity contribution < 1.29 is 0 Å². The van der Waals surface area contributed by atoms with Crippen molar-refractivity contribution in [2.24, 2.45) is 0 Å². The van der Waals surface area contributed by atoms with Crippen molar-refractivity contribution >= 4 is 22.7 Å². The van der Waals surface area contributed by atoms with Crippen LogP contribution in [0.4, 0.5) is 22.7 Å². The smallest absolute Gasteiger partial charge is 0.0730 e. The second-order valence-electron chi connectivity index (χ2n) is 5.45. The van der Waals surface area contributed by atoms with Crippen LogP contribution in [0.1, 0.15) is 6.92 Å². The Morgan fingerprint density at radius 2 is 1.50 bits per heavy atom. The van der Waals surface area contributed by atoms with Crippen molar-refractivity contribution in [2.75, 3.05) is 16.8 Å². The second-order valence-corrected chi connectivity index (χ2v) is 5.45. The molecule has 3 aromatic rings. The van der Waals surface area contributed by atoms with Crippen molar-refractivity contribution in [3.05, 3.63) is 72.8 Å². The summed E-state index contributed by atoms with van der Waals surface area (Å²) in [5.74, 6) is 0. The lowest BCUT2D eigenvalue weighted by molar-refractivity contribution is 1.02. The lowest BCUT2D eigenvalue weighted by atomic mass is 9.99. The van der Waals surface area contributed by atoms with Gasteiger partial charge < -0.3 is 10.2 Å². The summed E-state index contributed by atoms with van der Waals surface area (Å²) in [6.07, 6.45) is 0. The van der Waals surface area contributed by atoms with E-state index in [-0.39, 0.29) is 0 Å². The molecule has 0 saturated carbocycles. The topological polar surface area (TPSA) is 15.3 Å². The third kappa shape index (κ3) is 1.96. The van der Waals surface area contributed by atoms with Gasteiger partial charge in [-0.2, -0.15) is 0 Å². The Bertz CT molecular complexity index is 809. The van der Waals surface area contributed by atoms with Crippen LogP contribution in [-0.2, 0) is 0 Å². The third-order valence-electron chi connectivity index (χ3n) is 4.17. The zero-order valence-corrected chi connectivity index (χ0v) is 12.6. The van der Waals surface area contributed by atoms with E-state index in [2.05, 4.69) is 89.9 Å². The van der Waals surface area contributed by atoms with Gasteiger partial charge in [0.2, 0.25) is 0 Å². The van der Waals surface area contributed by atoms with E-state index >= 15 is 0 Å². The number of rotatable bonds is 2. The van der Waals surface area contributed by atoms with Gasteiger partial charge in [0, 0.05) is 12.1 Å². The molecule has 0 aliphatic carbocycles. The molecule has 108 valence electrons. The third-order valence-corrected chi connectivity index (χ3v) is 4.17. The van der Waals surface area contributed by atoms with Crippen LogP contribution in [0, 0.1) is 0 Å². The highest BCUT2D eigenvalue weighted by atomic mass is 15.2. The lowest BCUT2D eigenvalue weighted by Gasteiger charge is -2.34. The van der Waals surface area contributed by atoms with Crippen molar-refractivity contribution in [3.8, 4) is 11.1 Å². The molecule has 0 bridgehead atoms. The maximum Gasteiger partial charge on any atom is 0.0730 e. The van der Waals surface area contributed by atoms with Gasteiger partial charge >= 0.3 is 0 Å². The normalized spacial score (nSPS) is 12.3. The Hall–Kier alpha value is -2.74. The van der Waals surface area contributed by atoms with Gasteiger partial charge in [0.05, 0.1) is 22.7 Å². The maximum atomic E-state index is 3.57. The molecule has 1 heterocycles. The number of nitrogens with zero attached hydrogens (tertiary/aromatic N) is 1. The first kappa shape index (κ1) is 13.0. The van der Waals surface area contributed by atoms with Crippen LogP contribution >= 0.6 is 0 Å². The van der Waals surface area contributed by atoms with Gasteiger partial charge in [-0.1, -0.05) is 54.6 Å². The molecule has 2 heteroatoms. The van der Waals surface area contributed by atoms with Crippen LogP contribution < -0.4 is 10.2 Å². The average Bonchev–Trinajstić information content (AvgIpc) is 2.60. The van der Waals surface area contributed by atoms with Gasteiger partial charge in [0.25, 0.3) is 0 Å². The summed E-state index contributed by atoms with van der Waals surface area (Å²) < 4.78 is 0. The summed E-state index contributed by atoms with van der Waals surface area (Å²) in [6, 6.07) is 25.5. The maximum absolute atomic E-state index is 3.57. The highest BCUT2D eigenvalue weighted by molar-refractivity contribution is 5.98. The number of para-hydroxylation sites is 3. The summed E-state index contributed by atoms with van der Waals surface area (Å²) in [5.41, 5.74) is 7.35. The van der Waals surface area contributed by atoms with E-state index in [9.17, 15) is 0 Å². The molecule has 0 spiro atoms. The van der Waals surface area contributed by atoms with Gasteiger partial charge in [-0.15, -0.1) is 0 Å². The standard InChI is InChI=1S/C20H18N2/c1-2-22-19-14-7-6-12-17(19)21-18-13-8-11-16(20(18)22)15-9-4-3-5-10-15/h3-14,21H,2H2,1H3. The fourth-order valence-corrected chi connectivity index (χ4v) is 3.19. The van der Waals surface area contributed by atoms with Gasteiger partial charge in [0.1, 0.15) is 0 Å². The van der Waals surface area contributed by atoms with Crippen molar-refractivity contribution in [1.29, 1.82) is 0 Å². The fourth-order valence-electron chi connectivity index (χ4n) is 3.19. The molecule has 0 aromatic heterocycles. The summed E-state index contributed by atoms with van der Waals surface area (Å²) in [7, 11) is 0. The zero-order chi connectivity index (χ0) is 14.9. The first-order chi connectivity index (χ1) is 10.9. The summed E-state index contributed by atoms with van der Waals surface area (Å²) in [5, 5.41) is 3.57. The number of benzene rings is 3. The monoisotopic (exact) mass is 286 g/mol. The molecule has 1 N–H and O–H groups in total. The molecule has 0 amide bonds. The minimum atomic E-state index is 0.940. The van der Waals surface area contributed by atoms with Crippen molar-refractivity contribution in [3.63, 3.8) is 0 Å². The van der Waals surface area contributed by atoms with Crippen LogP contribution in [0.2, 0.25) is 0 Å². The highest BCUT2D eigenvalue weighted by Crippen LogP contribution is 2.47. The molecular weight excluding hydrogens is 268 g/mol. The van der Waals surface area contributed by atoms with E-state index in [1.54, 1.807) is 0 Å². The number of anilines is 4. The van der Waals surface area contributed by atoms with Gasteiger partial charge in [0.15, 0.2) is 0 Å². The van der Waals surface area contributed by atoms with E-state index in [0.29, 0.717) is 0 Å². The Kier molecular flexibility index (Phi) is 3.08. The Labute approximate surface area is 131 Å². The minimum absolute atomic E-state index is 0.940. The molecule has 3 aromatic carbocycles. The van der Waals surface area contributed by atoms with Crippen LogP contribution in [0.5, 0.6) is 0 Å². The van der Waals surface area contributed by atoms with E-state index in [4.69, 9.17) is 0 Å². The summed E-state index contributed by atoms with van der Waals surface area (Å²) >= 11 is 0. The highest BCUT2D eigenvalue weighted by Gasteiger charge is 2.23. The number of fused-ring (bicyclic) bond motifs is 2. The molecular formula is C20H18N2. The Morgan fingerprint density at radius 1 is 0.773 bits per heavy atom. The lowest BCUT2D eigenvalue weighted by Crippen LogP contribution is -2.22. The summed E-state index contributed by atoms with van der Waals surface area (Å²) in [4.78, 5) is 2.39. The predicted molar refractivity (Wildman–Crippen MR) is 94.3 cm³/mol. The van der Waals surface area contributed by atoms with Crippen LogP contribution in [0.25, 0.3) is 11.1 Å². The fraction of sp³-hybridized carbons (Fsp3) is 0.100. The molecule has 0 fully saturated rings. The molecule has 1 aliphatic heterocycles. The first-order valence-electron chi connectivity index (χ1n) is 7.70. The van der Waals surface area contributed by atoms with Crippen LogP contribution in [0.15, 0.2) is 72.8 Å². The molecule has 1 aliphatic rings. The molecule has 0 saturated heterocycles. The van der Waals surface area contributed by atoms with E-state index in [1.807, 2.05) is 0 Å². The molecule has 0 unspecified atom stereocenters. The zero-order valence-electron chi connectivity index (χ0n) is 12.6. The number of nitrogens with one attached hydrogen (secondary N) is 1. The largest absolute Gasteiger partial charge is 0.352 e. The van der Waals surface area contributed by atoms with Gasteiger partial charge in [-0.25, -0.2) is 0 Å². The van der Waals surface area contributed by atoms with Gasteiger partial charge in [-0.05, 0) is 30.7 Å². The SMILES string of the molecule is CCN1c2ccccc2Nc2cccc(-c3ccccc3)c21. The Morgan fingerprint density at radius 3 is 2.32 bits per heavy atom. The number of hydrogen-bond donors (Lipinski definition) is 1. The molecule has 4 rings (SSSR count). The molecule has 0 atom stereocenters. The average molecular weight is 286 g/mol. The van der Waals surface area contributed by atoms with E-state index in [1.165, 1.54) is 33.9 Å². The molecule has 0 radical (unpaired) electrons. The molecule has 22 heavy (non-hydrogen) atoms. The quantitative estimate of drug-likeness (QED) is 0.662. The van der Waals surface area contributed by atoms with Crippen molar-refractivity contribution in [2.45, 2.75) is 6.92 Å². The Balaban J connectivity index is 1.94. The van der Waals surface area contributed by atoms with E-state index < -0.39 is 0 Å². The summed E-state index contributed by atoms with van der Waals surface area (Å²) in [6.45, 7) is 3.14.